The van der Waals surface area contributed by atoms with Gasteiger partial charge >= 0.3 is 0 Å². The highest BCUT2D eigenvalue weighted by molar-refractivity contribution is 5.96. The van der Waals surface area contributed by atoms with E-state index < -0.39 is 6.10 Å². The van der Waals surface area contributed by atoms with Crippen molar-refractivity contribution in [1.29, 1.82) is 0 Å². The molecule has 2 atom stereocenters. The number of nitrogens with one attached hydrogen (secondary N) is 1. The summed E-state index contributed by atoms with van der Waals surface area (Å²) < 4.78 is 5.61. The zero-order chi connectivity index (χ0) is 15.1. The quantitative estimate of drug-likeness (QED) is 0.780. The third kappa shape index (κ3) is 4.68. The molecule has 1 aromatic carbocycles. The summed E-state index contributed by atoms with van der Waals surface area (Å²) in [6.45, 7) is 7.21. The molecule has 4 nitrogen and oxygen atoms in total. The molecule has 0 aromatic heterocycles. The Labute approximate surface area is 120 Å². The van der Waals surface area contributed by atoms with Crippen LogP contribution in [0.5, 0.6) is 5.75 Å². The molecule has 2 unspecified atom stereocenters. The molecule has 0 radical (unpaired) electrons. The van der Waals surface area contributed by atoms with Crippen LogP contribution in [0.1, 0.15) is 50.9 Å². The molecular formula is C16H23NO3. The van der Waals surface area contributed by atoms with Crippen LogP contribution in [0.4, 0.5) is 0 Å². The van der Waals surface area contributed by atoms with Gasteiger partial charge in [-0.2, -0.15) is 0 Å². The summed E-state index contributed by atoms with van der Waals surface area (Å²) >= 11 is 0. The maximum Gasteiger partial charge on any atom is 0.260 e. The number of carbonyl (C=O) groups excluding carboxylic acids is 2. The molecule has 0 aliphatic carbocycles. The van der Waals surface area contributed by atoms with E-state index in [1.54, 1.807) is 31.2 Å². The summed E-state index contributed by atoms with van der Waals surface area (Å²) in [6, 6.07) is 7.09. The fourth-order valence-corrected chi connectivity index (χ4v) is 1.97. The van der Waals surface area contributed by atoms with Crippen LogP contribution >= 0.6 is 0 Å². The van der Waals surface area contributed by atoms with Gasteiger partial charge in [0.15, 0.2) is 11.9 Å². The maximum absolute atomic E-state index is 12.0. The second-order valence-electron chi connectivity index (χ2n) is 5.01. The number of ether oxygens (including phenoxy) is 1. The van der Waals surface area contributed by atoms with Gasteiger partial charge in [-0.3, -0.25) is 9.59 Å². The molecule has 0 heterocycles. The molecule has 1 N–H and O–H groups in total. The summed E-state index contributed by atoms with van der Waals surface area (Å²) in [4.78, 5) is 23.5. The molecule has 1 rings (SSSR count). The summed E-state index contributed by atoms with van der Waals surface area (Å²) in [5.74, 6) is 0.211. The molecule has 1 aromatic rings. The minimum absolute atomic E-state index is 0.0763. The van der Waals surface area contributed by atoms with E-state index in [0.29, 0.717) is 11.3 Å². The average Bonchev–Trinajstić information content (AvgIpc) is 2.39. The first kappa shape index (κ1) is 16.2. The van der Waals surface area contributed by atoms with Gasteiger partial charge in [0.25, 0.3) is 5.91 Å². The Morgan fingerprint density at radius 1 is 1.25 bits per heavy atom. The van der Waals surface area contributed by atoms with Gasteiger partial charge in [0.1, 0.15) is 5.75 Å². The third-order valence-corrected chi connectivity index (χ3v) is 3.05. The topological polar surface area (TPSA) is 55.4 Å². The fraction of sp³-hybridized carbons (Fsp3) is 0.500. The fourth-order valence-electron chi connectivity index (χ4n) is 1.97. The van der Waals surface area contributed by atoms with Crippen molar-refractivity contribution in [2.75, 3.05) is 0 Å². The number of carbonyl (C=O) groups is 2. The van der Waals surface area contributed by atoms with Crippen LogP contribution in [0.25, 0.3) is 0 Å². The number of benzene rings is 1. The van der Waals surface area contributed by atoms with Crippen LogP contribution in [-0.4, -0.2) is 23.8 Å². The first-order valence-electron chi connectivity index (χ1n) is 7.02. The second kappa shape index (κ2) is 7.68. The lowest BCUT2D eigenvalue weighted by molar-refractivity contribution is -0.127. The highest BCUT2D eigenvalue weighted by atomic mass is 16.5. The van der Waals surface area contributed by atoms with Crippen LogP contribution < -0.4 is 10.1 Å². The second-order valence-corrected chi connectivity index (χ2v) is 5.01. The molecular weight excluding hydrogens is 254 g/mol. The normalized spacial score (nSPS) is 13.4. The molecule has 0 aliphatic heterocycles. The SMILES string of the molecule is CCCC(C)NC(=O)C(C)Oc1ccccc1C(C)=O. The van der Waals surface area contributed by atoms with Crippen LogP contribution in [0.3, 0.4) is 0 Å². The number of Topliss-reactive ketones (excluding diaryl/α,β-unsaturated/α-hetero) is 1. The van der Waals surface area contributed by atoms with Gasteiger partial charge in [0.2, 0.25) is 0 Å². The Balaban J connectivity index is 2.68. The summed E-state index contributed by atoms with van der Waals surface area (Å²) in [5.41, 5.74) is 0.494. The van der Waals surface area contributed by atoms with Gasteiger partial charge in [-0.15, -0.1) is 0 Å². The largest absolute Gasteiger partial charge is 0.480 e. The Hall–Kier alpha value is -1.84. The number of hydrogen-bond donors (Lipinski definition) is 1. The molecule has 0 aliphatic rings. The van der Waals surface area contributed by atoms with Crippen LogP contribution in [0.15, 0.2) is 24.3 Å². The van der Waals surface area contributed by atoms with Crippen molar-refractivity contribution in [3.8, 4) is 5.75 Å². The molecule has 0 spiro atoms. The molecule has 110 valence electrons. The molecule has 0 fully saturated rings. The minimum atomic E-state index is -0.630. The number of rotatable bonds is 7. The molecule has 0 saturated heterocycles. The zero-order valence-electron chi connectivity index (χ0n) is 12.6. The minimum Gasteiger partial charge on any atom is -0.480 e. The van der Waals surface area contributed by atoms with Crippen molar-refractivity contribution in [3.05, 3.63) is 29.8 Å². The Bertz CT molecular complexity index is 471. The Morgan fingerprint density at radius 3 is 2.50 bits per heavy atom. The number of hydrogen-bond acceptors (Lipinski definition) is 3. The maximum atomic E-state index is 12.0. The van der Waals surface area contributed by atoms with E-state index in [-0.39, 0.29) is 17.7 Å². The predicted octanol–water partition coefficient (Wildman–Crippen LogP) is 2.96. The van der Waals surface area contributed by atoms with E-state index in [4.69, 9.17) is 4.74 Å². The standard InChI is InChI=1S/C16H23NO3/c1-5-8-11(2)17-16(19)13(4)20-15-10-7-6-9-14(15)12(3)18/h6-7,9-11,13H,5,8H2,1-4H3,(H,17,19). The van der Waals surface area contributed by atoms with Gasteiger partial charge in [0, 0.05) is 6.04 Å². The highest BCUT2D eigenvalue weighted by Crippen LogP contribution is 2.19. The van der Waals surface area contributed by atoms with E-state index in [1.807, 2.05) is 6.92 Å². The van der Waals surface area contributed by atoms with Gasteiger partial charge < -0.3 is 10.1 Å². The van der Waals surface area contributed by atoms with Crippen molar-refractivity contribution in [2.24, 2.45) is 0 Å². The molecule has 4 heteroatoms. The number of amides is 1. The van der Waals surface area contributed by atoms with Crippen molar-refractivity contribution < 1.29 is 14.3 Å². The molecule has 0 saturated carbocycles. The van der Waals surface area contributed by atoms with Crippen LogP contribution in [-0.2, 0) is 4.79 Å². The van der Waals surface area contributed by atoms with Gasteiger partial charge in [-0.05, 0) is 39.3 Å². The predicted molar refractivity (Wildman–Crippen MR) is 79.0 cm³/mol. The van der Waals surface area contributed by atoms with Crippen LogP contribution in [0, 0.1) is 0 Å². The smallest absolute Gasteiger partial charge is 0.260 e. The number of ketones is 1. The first-order chi connectivity index (χ1) is 9.45. The van der Waals surface area contributed by atoms with Gasteiger partial charge in [0.05, 0.1) is 5.56 Å². The lowest BCUT2D eigenvalue weighted by Gasteiger charge is -2.19. The average molecular weight is 277 g/mol. The van der Waals surface area contributed by atoms with Crippen molar-refractivity contribution in [1.82, 2.24) is 5.32 Å². The van der Waals surface area contributed by atoms with Crippen molar-refractivity contribution in [2.45, 2.75) is 52.7 Å². The van der Waals surface area contributed by atoms with E-state index in [1.165, 1.54) is 6.92 Å². The van der Waals surface area contributed by atoms with Crippen LogP contribution in [0.2, 0.25) is 0 Å². The molecule has 1 amide bonds. The lowest BCUT2D eigenvalue weighted by Crippen LogP contribution is -2.41. The lowest BCUT2D eigenvalue weighted by atomic mass is 10.1. The van der Waals surface area contributed by atoms with Crippen molar-refractivity contribution in [3.63, 3.8) is 0 Å². The summed E-state index contributed by atoms with van der Waals surface area (Å²) in [5, 5.41) is 2.90. The molecule has 20 heavy (non-hydrogen) atoms. The van der Waals surface area contributed by atoms with E-state index in [9.17, 15) is 9.59 Å². The van der Waals surface area contributed by atoms with E-state index in [2.05, 4.69) is 12.2 Å². The van der Waals surface area contributed by atoms with E-state index in [0.717, 1.165) is 12.8 Å². The molecule has 0 bridgehead atoms. The van der Waals surface area contributed by atoms with Crippen molar-refractivity contribution >= 4 is 11.7 Å². The van der Waals surface area contributed by atoms with Gasteiger partial charge in [-0.1, -0.05) is 25.5 Å². The Kier molecular flexibility index (Phi) is 6.22. The highest BCUT2D eigenvalue weighted by Gasteiger charge is 2.18. The zero-order valence-corrected chi connectivity index (χ0v) is 12.6. The Morgan fingerprint density at radius 2 is 1.90 bits per heavy atom. The third-order valence-electron chi connectivity index (χ3n) is 3.05. The first-order valence-corrected chi connectivity index (χ1v) is 7.02. The monoisotopic (exact) mass is 277 g/mol. The summed E-state index contributed by atoms with van der Waals surface area (Å²) in [6.07, 6.45) is 1.32. The van der Waals surface area contributed by atoms with E-state index >= 15 is 0 Å². The summed E-state index contributed by atoms with van der Waals surface area (Å²) in [7, 11) is 0. The number of para-hydroxylation sites is 1. The van der Waals surface area contributed by atoms with Gasteiger partial charge in [-0.25, -0.2) is 0 Å².